The Kier molecular flexibility index (Phi) is 7.25. The third-order valence-corrected chi connectivity index (χ3v) is 9.35. The molecular formula is C46H31N3O. The second kappa shape index (κ2) is 12.3. The van der Waals surface area contributed by atoms with Crippen LogP contribution in [-0.4, -0.2) is 19.6 Å². The van der Waals surface area contributed by atoms with Gasteiger partial charge in [0, 0.05) is 39.3 Å². The normalized spacial score (nSPS) is 11.3. The minimum absolute atomic E-state index is 0.202. The lowest BCUT2D eigenvalue weighted by molar-refractivity contribution is 0.477. The number of rotatable bonds is 6. The smallest absolute Gasteiger partial charge is 0.124 e. The van der Waals surface area contributed by atoms with Gasteiger partial charge in [0.2, 0.25) is 0 Å². The molecule has 0 bridgehead atoms. The second-order valence-electron chi connectivity index (χ2n) is 12.4. The van der Waals surface area contributed by atoms with Crippen LogP contribution in [0.5, 0.6) is 5.75 Å². The fraction of sp³-hybridized carbons (Fsp3) is 0. The molecule has 0 spiro atoms. The van der Waals surface area contributed by atoms with Crippen molar-refractivity contribution in [3.8, 4) is 67.5 Å². The van der Waals surface area contributed by atoms with Crippen LogP contribution < -0.4 is 0 Å². The maximum atomic E-state index is 10.7. The van der Waals surface area contributed by atoms with E-state index < -0.39 is 0 Å². The number of hydrogen-bond donors (Lipinski definition) is 1. The minimum Gasteiger partial charge on any atom is -0.507 e. The molecule has 1 N–H and O–H groups in total. The van der Waals surface area contributed by atoms with Crippen LogP contribution in [0.3, 0.4) is 0 Å². The SMILES string of the molecule is Oc1ccccc1-c1cc(-c2ccccc2)cc(-c2cccc(-c3cc(-c4cccc5c4c4ccccc4n5-c4ccccc4)ccn3)c2)n1. The first kappa shape index (κ1) is 29.4. The number of phenolic OH excluding ortho intramolecular Hbond substituents is 1. The van der Waals surface area contributed by atoms with Gasteiger partial charge in [-0.25, -0.2) is 4.98 Å². The highest BCUT2D eigenvalue weighted by atomic mass is 16.3. The van der Waals surface area contributed by atoms with Crippen LogP contribution >= 0.6 is 0 Å². The summed E-state index contributed by atoms with van der Waals surface area (Å²) in [7, 11) is 0. The quantitative estimate of drug-likeness (QED) is 0.197. The van der Waals surface area contributed by atoms with E-state index in [-0.39, 0.29) is 5.75 Å². The molecule has 3 aromatic heterocycles. The van der Waals surface area contributed by atoms with Crippen LogP contribution in [0.1, 0.15) is 0 Å². The molecule has 3 heterocycles. The Morgan fingerprint density at radius 2 is 1.04 bits per heavy atom. The third kappa shape index (κ3) is 5.20. The second-order valence-corrected chi connectivity index (χ2v) is 12.4. The van der Waals surface area contributed by atoms with Gasteiger partial charge in [0.05, 0.1) is 28.1 Å². The van der Waals surface area contributed by atoms with Crippen LogP contribution in [0, 0.1) is 0 Å². The molecule has 0 atom stereocenters. The summed E-state index contributed by atoms with van der Waals surface area (Å²) in [5, 5.41) is 13.2. The molecule has 0 amide bonds. The van der Waals surface area contributed by atoms with Crippen molar-refractivity contribution in [2.24, 2.45) is 0 Å². The summed E-state index contributed by atoms with van der Waals surface area (Å²) >= 11 is 0. The number of para-hydroxylation sites is 3. The van der Waals surface area contributed by atoms with Crippen LogP contribution in [0.25, 0.3) is 83.5 Å². The van der Waals surface area contributed by atoms with E-state index in [0.29, 0.717) is 11.3 Å². The van der Waals surface area contributed by atoms with Crippen molar-refractivity contribution in [1.82, 2.24) is 14.5 Å². The number of fused-ring (bicyclic) bond motifs is 3. The number of aromatic hydroxyl groups is 1. The predicted molar refractivity (Wildman–Crippen MR) is 205 cm³/mol. The molecule has 0 aliphatic heterocycles. The van der Waals surface area contributed by atoms with Gasteiger partial charge in [-0.2, -0.15) is 0 Å². The number of phenols is 1. The van der Waals surface area contributed by atoms with Crippen molar-refractivity contribution in [3.05, 3.63) is 182 Å². The molecule has 0 fully saturated rings. The topological polar surface area (TPSA) is 50.9 Å². The Morgan fingerprint density at radius 3 is 1.88 bits per heavy atom. The van der Waals surface area contributed by atoms with Crippen molar-refractivity contribution in [3.63, 3.8) is 0 Å². The first-order valence-electron chi connectivity index (χ1n) is 16.7. The predicted octanol–water partition coefficient (Wildman–Crippen LogP) is 11.6. The lowest BCUT2D eigenvalue weighted by atomic mass is 9.97. The minimum atomic E-state index is 0.202. The van der Waals surface area contributed by atoms with Crippen LogP contribution in [0.2, 0.25) is 0 Å². The lowest BCUT2D eigenvalue weighted by Crippen LogP contribution is -1.93. The highest BCUT2D eigenvalue weighted by molar-refractivity contribution is 6.15. The van der Waals surface area contributed by atoms with Crippen LogP contribution in [-0.2, 0) is 0 Å². The molecule has 9 rings (SSSR count). The summed E-state index contributed by atoms with van der Waals surface area (Å²) in [4.78, 5) is 9.92. The Hall–Kier alpha value is -6.78. The third-order valence-electron chi connectivity index (χ3n) is 9.35. The van der Waals surface area contributed by atoms with Crippen molar-refractivity contribution < 1.29 is 5.11 Å². The summed E-state index contributed by atoms with van der Waals surface area (Å²) in [6.45, 7) is 0. The number of hydrogen-bond acceptors (Lipinski definition) is 3. The first-order chi connectivity index (χ1) is 24.7. The van der Waals surface area contributed by atoms with E-state index >= 15 is 0 Å². The molecule has 4 nitrogen and oxygen atoms in total. The van der Waals surface area contributed by atoms with Gasteiger partial charge < -0.3 is 9.67 Å². The average Bonchev–Trinajstić information content (AvgIpc) is 3.53. The van der Waals surface area contributed by atoms with E-state index in [2.05, 4.69) is 132 Å². The summed E-state index contributed by atoms with van der Waals surface area (Å²) in [5.41, 5.74) is 12.9. The van der Waals surface area contributed by atoms with Crippen molar-refractivity contribution >= 4 is 21.8 Å². The Balaban J connectivity index is 1.17. The Labute approximate surface area is 290 Å². The van der Waals surface area contributed by atoms with E-state index in [1.165, 1.54) is 21.8 Å². The summed E-state index contributed by atoms with van der Waals surface area (Å²) in [6.07, 6.45) is 1.90. The van der Waals surface area contributed by atoms with Gasteiger partial charge in [-0.15, -0.1) is 0 Å². The first-order valence-corrected chi connectivity index (χ1v) is 16.7. The number of pyridine rings is 2. The van der Waals surface area contributed by atoms with E-state index in [4.69, 9.17) is 9.97 Å². The van der Waals surface area contributed by atoms with Gasteiger partial charge in [0.25, 0.3) is 0 Å². The molecule has 0 saturated carbocycles. The highest BCUT2D eigenvalue weighted by Gasteiger charge is 2.17. The Morgan fingerprint density at radius 1 is 0.420 bits per heavy atom. The van der Waals surface area contributed by atoms with Gasteiger partial charge in [-0.3, -0.25) is 4.98 Å². The molecule has 0 aliphatic rings. The molecule has 0 radical (unpaired) electrons. The summed E-state index contributed by atoms with van der Waals surface area (Å²) < 4.78 is 2.35. The number of benzene rings is 6. The zero-order valence-electron chi connectivity index (χ0n) is 27.1. The van der Waals surface area contributed by atoms with Gasteiger partial charge in [-0.1, -0.05) is 109 Å². The van der Waals surface area contributed by atoms with E-state index in [0.717, 1.165) is 50.5 Å². The number of nitrogens with zero attached hydrogens (tertiary/aromatic N) is 3. The molecule has 4 heteroatoms. The highest BCUT2D eigenvalue weighted by Crippen LogP contribution is 2.40. The Bertz CT molecular complexity index is 2660. The lowest BCUT2D eigenvalue weighted by Gasteiger charge is -2.12. The van der Waals surface area contributed by atoms with Crippen molar-refractivity contribution in [1.29, 1.82) is 0 Å². The fourth-order valence-electron chi connectivity index (χ4n) is 7.01. The van der Waals surface area contributed by atoms with Gasteiger partial charge in [0.15, 0.2) is 0 Å². The van der Waals surface area contributed by atoms with E-state index in [1.807, 2.05) is 48.7 Å². The molecule has 0 aliphatic carbocycles. The van der Waals surface area contributed by atoms with Crippen LogP contribution in [0.15, 0.2) is 182 Å². The maximum Gasteiger partial charge on any atom is 0.124 e. The summed E-state index contributed by atoms with van der Waals surface area (Å²) in [6, 6.07) is 60.2. The molecular weight excluding hydrogens is 611 g/mol. The zero-order valence-corrected chi connectivity index (χ0v) is 27.1. The zero-order chi connectivity index (χ0) is 33.4. The average molecular weight is 642 g/mol. The van der Waals surface area contributed by atoms with Crippen molar-refractivity contribution in [2.45, 2.75) is 0 Å². The standard InChI is InChI=1S/C46H31N3O/c50-45-24-10-8-19-38(45)42-30-35(31-13-3-1-4-14-31)29-41(48-42)34-16-11-15-33(27-34)40-28-32(25-26-47-40)37-21-12-23-44-46(37)39-20-7-9-22-43(39)49(44)36-17-5-2-6-18-36/h1-30,50H. The molecule has 236 valence electrons. The van der Waals surface area contributed by atoms with Crippen molar-refractivity contribution in [2.75, 3.05) is 0 Å². The monoisotopic (exact) mass is 641 g/mol. The van der Waals surface area contributed by atoms with Crippen LogP contribution in [0.4, 0.5) is 0 Å². The fourth-order valence-corrected chi connectivity index (χ4v) is 7.01. The number of aromatic nitrogens is 3. The maximum absolute atomic E-state index is 10.7. The van der Waals surface area contributed by atoms with Gasteiger partial charge in [0.1, 0.15) is 5.75 Å². The van der Waals surface area contributed by atoms with E-state index in [9.17, 15) is 5.11 Å². The molecule has 0 unspecified atom stereocenters. The molecule has 9 aromatic rings. The largest absolute Gasteiger partial charge is 0.507 e. The molecule has 0 saturated heterocycles. The molecule has 50 heavy (non-hydrogen) atoms. The van der Waals surface area contributed by atoms with E-state index in [1.54, 1.807) is 6.07 Å². The van der Waals surface area contributed by atoms with Gasteiger partial charge in [-0.05, 0) is 89.0 Å². The molecule has 6 aromatic carbocycles. The van der Waals surface area contributed by atoms with Gasteiger partial charge >= 0.3 is 0 Å². The summed E-state index contributed by atoms with van der Waals surface area (Å²) in [5.74, 6) is 0.202.